The molecule has 0 atom stereocenters. The van der Waals surface area contributed by atoms with Gasteiger partial charge in [-0.05, 0) is 75.0 Å². The first-order chi connectivity index (χ1) is 11.2. The van der Waals surface area contributed by atoms with Crippen molar-refractivity contribution >= 4 is 5.91 Å². The number of hydrogen-bond donors (Lipinski definition) is 1. The van der Waals surface area contributed by atoms with E-state index in [1.165, 1.54) is 5.56 Å². The van der Waals surface area contributed by atoms with Crippen molar-refractivity contribution in [1.29, 1.82) is 0 Å². The lowest BCUT2D eigenvalue weighted by Gasteiger charge is -2.37. The van der Waals surface area contributed by atoms with E-state index in [2.05, 4.69) is 24.0 Å². The molecule has 3 heteroatoms. The van der Waals surface area contributed by atoms with Crippen molar-refractivity contribution in [3.63, 3.8) is 0 Å². The fraction of sp³-hybridized carbons (Fsp3) is 0.650. The molecule has 1 aromatic rings. The number of carbonyl (C=O) groups excluding carboxylic acids is 1. The quantitative estimate of drug-likeness (QED) is 0.867. The van der Waals surface area contributed by atoms with Gasteiger partial charge in [0, 0.05) is 24.3 Å². The third-order valence-corrected chi connectivity index (χ3v) is 5.53. The van der Waals surface area contributed by atoms with Gasteiger partial charge in [0.15, 0.2) is 0 Å². The minimum Gasteiger partial charge on any atom is -0.396 e. The van der Waals surface area contributed by atoms with E-state index in [-0.39, 0.29) is 5.91 Å². The van der Waals surface area contributed by atoms with Crippen LogP contribution in [0.2, 0.25) is 0 Å². The number of rotatable bonds is 6. The Bertz CT molecular complexity index is 513. The Balaban J connectivity index is 1.67. The first-order valence-electron chi connectivity index (χ1n) is 9.25. The van der Waals surface area contributed by atoms with Crippen LogP contribution in [-0.2, 0) is 6.42 Å². The molecular formula is C20H29NO2. The molecule has 0 spiro atoms. The first-order valence-corrected chi connectivity index (χ1v) is 9.25. The monoisotopic (exact) mass is 315 g/mol. The van der Waals surface area contributed by atoms with Crippen LogP contribution in [0.4, 0.5) is 0 Å². The molecule has 0 aromatic heterocycles. The smallest absolute Gasteiger partial charge is 0.254 e. The zero-order chi connectivity index (χ0) is 16.2. The van der Waals surface area contributed by atoms with Gasteiger partial charge in [0.2, 0.25) is 0 Å². The molecule has 2 aliphatic rings. The number of amides is 1. The molecule has 1 N–H and O–H groups in total. The molecule has 2 saturated carbocycles. The molecule has 0 saturated heterocycles. The number of aliphatic hydroxyl groups excluding tert-OH is 1. The highest BCUT2D eigenvalue weighted by Crippen LogP contribution is 2.37. The minimum atomic E-state index is 0.223. The maximum Gasteiger partial charge on any atom is 0.254 e. The van der Waals surface area contributed by atoms with E-state index in [9.17, 15) is 4.79 Å². The first kappa shape index (κ1) is 16.5. The van der Waals surface area contributed by atoms with E-state index >= 15 is 0 Å². The van der Waals surface area contributed by atoms with E-state index in [4.69, 9.17) is 5.11 Å². The van der Waals surface area contributed by atoms with Crippen LogP contribution in [0.25, 0.3) is 0 Å². The van der Waals surface area contributed by atoms with Gasteiger partial charge >= 0.3 is 0 Å². The number of carbonyl (C=O) groups is 1. The molecule has 1 amide bonds. The van der Waals surface area contributed by atoms with Crippen molar-refractivity contribution in [2.75, 3.05) is 6.61 Å². The average molecular weight is 315 g/mol. The molecule has 1 aromatic carbocycles. The molecule has 0 heterocycles. The van der Waals surface area contributed by atoms with Crippen molar-refractivity contribution in [2.24, 2.45) is 5.92 Å². The lowest BCUT2D eigenvalue weighted by Crippen LogP contribution is -2.44. The lowest BCUT2D eigenvalue weighted by atomic mass is 9.83. The van der Waals surface area contributed by atoms with Gasteiger partial charge in [0.1, 0.15) is 0 Å². The predicted octanol–water partition coefficient (Wildman–Crippen LogP) is 3.79. The lowest BCUT2D eigenvalue weighted by molar-refractivity contribution is 0.0578. The van der Waals surface area contributed by atoms with Crippen LogP contribution in [0.5, 0.6) is 0 Å². The van der Waals surface area contributed by atoms with Gasteiger partial charge in [-0.3, -0.25) is 4.79 Å². The van der Waals surface area contributed by atoms with Gasteiger partial charge in [-0.15, -0.1) is 0 Å². The second kappa shape index (κ2) is 7.48. The van der Waals surface area contributed by atoms with Crippen LogP contribution < -0.4 is 0 Å². The molecule has 2 fully saturated rings. The average Bonchev–Trinajstić information content (AvgIpc) is 3.42. The van der Waals surface area contributed by atoms with E-state index in [0.29, 0.717) is 24.6 Å². The summed E-state index contributed by atoms with van der Waals surface area (Å²) in [6, 6.07) is 9.01. The van der Waals surface area contributed by atoms with Gasteiger partial charge in [-0.1, -0.05) is 19.1 Å². The molecule has 3 nitrogen and oxygen atoms in total. The Hall–Kier alpha value is -1.35. The third-order valence-electron chi connectivity index (χ3n) is 5.53. The Morgan fingerprint density at radius 2 is 1.61 bits per heavy atom. The Kier molecular flexibility index (Phi) is 5.37. The van der Waals surface area contributed by atoms with E-state index in [0.717, 1.165) is 56.9 Å². The standard InChI is InChI=1S/C20H29NO2/c1-2-15-3-7-17(8-4-15)20(23)21(19-11-12-19)18-9-5-16(6-10-18)13-14-22/h3-4,7-8,16,18-19,22H,2,5-6,9-14H2,1H3/t16-,18-. The van der Waals surface area contributed by atoms with E-state index in [1.807, 2.05) is 12.1 Å². The van der Waals surface area contributed by atoms with E-state index < -0.39 is 0 Å². The summed E-state index contributed by atoms with van der Waals surface area (Å²) < 4.78 is 0. The van der Waals surface area contributed by atoms with Crippen molar-refractivity contribution < 1.29 is 9.90 Å². The molecule has 0 unspecified atom stereocenters. The van der Waals surface area contributed by atoms with Gasteiger partial charge in [-0.25, -0.2) is 0 Å². The normalized spacial score (nSPS) is 24.4. The highest BCUT2D eigenvalue weighted by Gasteiger charge is 2.39. The van der Waals surface area contributed by atoms with Crippen molar-refractivity contribution in [1.82, 2.24) is 4.90 Å². The third kappa shape index (κ3) is 3.95. The van der Waals surface area contributed by atoms with Crippen molar-refractivity contribution in [3.8, 4) is 0 Å². The molecule has 2 aliphatic carbocycles. The summed E-state index contributed by atoms with van der Waals surface area (Å²) in [5.41, 5.74) is 2.12. The zero-order valence-corrected chi connectivity index (χ0v) is 14.2. The number of aliphatic hydroxyl groups is 1. The Morgan fingerprint density at radius 3 is 2.09 bits per heavy atom. The maximum atomic E-state index is 13.0. The van der Waals surface area contributed by atoms with Crippen molar-refractivity contribution in [2.45, 2.75) is 70.4 Å². The molecule has 0 radical (unpaired) electrons. The summed E-state index contributed by atoms with van der Waals surface area (Å²) >= 11 is 0. The number of nitrogens with zero attached hydrogens (tertiary/aromatic N) is 1. The van der Waals surface area contributed by atoms with E-state index in [1.54, 1.807) is 0 Å². The van der Waals surface area contributed by atoms with Crippen LogP contribution in [0.1, 0.15) is 67.8 Å². The minimum absolute atomic E-state index is 0.223. The summed E-state index contributed by atoms with van der Waals surface area (Å²) in [4.78, 5) is 15.2. The molecule has 126 valence electrons. The van der Waals surface area contributed by atoms with Gasteiger partial charge < -0.3 is 10.0 Å². The SMILES string of the molecule is CCc1ccc(C(=O)N(C2CC2)[C@H]2CC[C@H](CCO)CC2)cc1. The van der Waals surface area contributed by atoms with Crippen LogP contribution in [-0.4, -0.2) is 34.6 Å². The van der Waals surface area contributed by atoms with Crippen molar-refractivity contribution in [3.05, 3.63) is 35.4 Å². The highest BCUT2D eigenvalue weighted by atomic mass is 16.3. The Morgan fingerprint density at radius 1 is 1.04 bits per heavy atom. The van der Waals surface area contributed by atoms with Gasteiger partial charge in [0.05, 0.1) is 0 Å². The number of aryl methyl sites for hydroxylation is 1. The number of benzene rings is 1. The maximum absolute atomic E-state index is 13.0. The summed E-state index contributed by atoms with van der Waals surface area (Å²) in [7, 11) is 0. The second-order valence-corrected chi connectivity index (χ2v) is 7.18. The fourth-order valence-electron chi connectivity index (χ4n) is 3.91. The fourth-order valence-corrected chi connectivity index (χ4v) is 3.91. The van der Waals surface area contributed by atoms with Crippen LogP contribution in [0.15, 0.2) is 24.3 Å². The summed E-state index contributed by atoms with van der Waals surface area (Å²) in [5.74, 6) is 0.872. The zero-order valence-electron chi connectivity index (χ0n) is 14.2. The summed E-state index contributed by atoms with van der Waals surface area (Å²) in [5, 5.41) is 9.11. The number of hydrogen-bond acceptors (Lipinski definition) is 2. The van der Waals surface area contributed by atoms with Crippen LogP contribution >= 0.6 is 0 Å². The summed E-state index contributed by atoms with van der Waals surface area (Å²) in [6.45, 7) is 2.43. The molecule has 3 rings (SSSR count). The second-order valence-electron chi connectivity index (χ2n) is 7.18. The van der Waals surface area contributed by atoms with Crippen LogP contribution in [0, 0.1) is 5.92 Å². The molecule has 0 aliphatic heterocycles. The Labute approximate surface area is 139 Å². The molecule has 23 heavy (non-hydrogen) atoms. The topological polar surface area (TPSA) is 40.5 Å². The largest absolute Gasteiger partial charge is 0.396 e. The van der Waals surface area contributed by atoms with Crippen LogP contribution in [0.3, 0.4) is 0 Å². The van der Waals surface area contributed by atoms with Gasteiger partial charge in [0.25, 0.3) is 5.91 Å². The highest BCUT2D eigenvalue weighted by molar-refractivity contribution is 5.94. The predicted molar refractivity (Wildman–Crippen MR) is 92.5 cm³/mol. The summed E-state index contributed by atoms with van der Waals surface area (Å²) in [6.07, 6.45) is 8.75. The molecular weight excluding hydrogens is 286 g/mol. The van der Waals surface area contributed by atoms with Gasteiger partial charge in [-0.2, -0.15) is 0 Å². The molecule has 0 bridgehead atoms.